The molecule has 0 aromatic carbocycles. The van der Waals surface area contributed by atoms with Crippen LogP contribution in [-0.4, -0.2) is 8.42 Å². The minimum atomic E-state index is -2.89. The number of hydrogen-bond donors (Lipinski definition) is 0. The smallest absolute Gasteiger partial charge is 0.196 e. The van der Waals surface area contributed by atoms with Crippen LogP contribution >= 0.6 is 0 Å². The summed E-state index contributed by atoms with van der Waals surface area (Å²) in [6.07, 6.45) is 3.41. The van der Waals surface area contributed by atoms with Gasteiger partial charge in [0.1, 0.15) is 0 Å². The van der Waals surface area contributed by atoms with Gasteiger partial charge in [-0.25, -0.2) is 8.42 Å². The Morgan fingerprint density at radius 3 is 2.33 bits per heavy atom. The molecule has 0 bridgehead atoms. The van der Waals surface area contributed by atoms with E-state index in [4.69, 9.17) is 0 Å². The molecule has 1 heterocycles. The fraction of sp³-hybridized carbons (Fsp3) is 0.333. The Morgan fingerprint density at radius 1 is 1.33 bits per heavy atom. The molecule has 3 heteroatoms. The average molecular weight is 142 g/mol. The molecule has 9 heavy (non-hydrogen) atoms. The van der Waals surface area contributed by atoms with E-state index in [0.717, 1.165) is 18.4 Å². The first-order valence-electron chi connectivity index (χ1n) is 2.85. The Morgan fingerprint density at radius 2 is 2.11 bits per heavy atom. The topological polar surface area (TPSA) is 34.1 Å². The van der Waals surface area contributed by atoms with E-state index >= 15 is 0 Å². The van der Waals surface area contributed by atoms with Gasteiger partial charge in [0.2, 0.25) is 0 Å². The first-order valence-corrected chi connectivity index (χ1v) is 4.40. The maximum absolute atomic E-state index is 10.9. The molecule has 0 aromatic heterocycles. The normalized spacial score (nSPS) is 28.0. The van der Waals surface area contributed by atoms with Crippen LogP contribution in [0.3, 0.4) is 0 Å². The third kappa shape index (κ3) is 0.525. The summed E-state index contributed by atoms with van der Waals surface area (Å²) in [5.41, 5.74) is 1.02. The minimum Gasteiger partial charge on any atom is -0.219 e. The van der Waals surface area contributed by atoms with E-state index in [-0.39, 0.29) is 0 Å². The zero-order valence-electron chi connectivity index (χ0n) is 4.79. The van der Waals surface area contributed by atoms with Crippen LogP contribution in [0, 0.1) is 0 Å². The number of hydrogen-bond acceptors (Lipinski definition) is 2. The van der Waals surface area contributed by atoms with Gasteiger partial charge in [-0.1, -0.05) is 0 Å². The van der Waals surface area contributed by atoms with Crippen LogP contribution in [0.15, 0.2) is 22.0 Å². The van der Waals surface area contributed by atoms with Crippen molar-refractivity contribution in [2.75, 3.05) is 0 Å². The summed E-state index contributed by atoms with van der Waals surface area (Å²) < 4.78 is 21.8. The summed E-state index contributed by atoms with van der Waals surface area (Å²) >= 11 is 0. The second-order valence-electron chi connectivity index (χ2n) is 2.30. The SMILES string of the molecule is O=S1(=O)C=CC2=C1CC2. The van der Waals surface area contributed by atoms with Crippen molar-refractivity contribution in [2.24, 2.45) is 0 Å². The molecule has 0 atom stereocenters. The fourth-order valence-corrected chi connectivity index (χ4v) is 2.56. The van der Waals surface area contributed by atoms with E-state index in [2.05, 4.69) is 0 Å². The van der Waals surface area contributed by atoms with Gasteiger partial charge in [-0.3, -0.25) is 0 Å². The molecule has 48 valence electrons. The molecule has 2 nitrogen and oxygen atoms in total. The van der Waals surface area contributed by atoms with Crippen molar-refractivity contribution in [3.63, 3.8) is 0 Å². The van der Waals surface area contributed by atoms with Crippen LogP contribution in [0.2, 0.25) is 0 Å². The standard InChI is InChI=1S/C6H6O2S/c7-9(8)4-3-5-1-2-6(5)9/h3-4H,1-2H2. The van der Waals surface area contributed by atoms with Crippen molar-refractivity contribution in [3.8, 4) is 0 Å². The molecule has 2 rings (SSSR count). The molecular formula is C6H6O2S. The van der Waals surface area contributed by atoms with Crippen molar-refractivity contribution in [2.45, 2.75) is 12.8 Å². The lowest BCUT2D eigenvalue weighted by molar-refractivity contribution is 0.606. The Hall–Kier alpha value is -0.570. The van der Waals surface area contributed by atoms with E-state index in [9.17, 15) is 8.42 Å². The molecule has 1 aliphatic carbocycles. The molecule has 0 N–H and O–H groups in total. The van der Waals surface area contributed by atoms with E-state index in [0.29, 0.717) is 4.91 Å². The zero-order valence-corrected chi connectivity index (χ0v) is 5.61. The van der Waals surface area contributed by atoms with Crippen LogP contribution in [0.4, 0.5) is 0 Å². The monoisotopic (exact) mass is 142 g/mol. The van der Waals surface area contributed by atoms with Crippen molar-refractivity contribution < 1.29 is 8.42 Å². The van der Waals surface area contributed by atoms with Crippen LogP contribution in [-0.2, 0) is 9.84 Å². The Balaban J connectivity index is 2.70. The summed E-state index contributed by atoms with van der Waals surface area (Å²) in [5, 5.41) is 1.30. The number of rotatable bonds is 0. The summed E-state index contributed by atoms with van der Waals surface area (Å²) in [6.45, 7) is 0. The van der Waals surface area contributed by atoms with Gasteiger partial charge < -0.3 is 0 Å². The summed E-state index contributed by atoms with van der Waals surface area (Å²) in [7, 11) is -2.89. The van der Waals surface area contributed by atoms with Crippen LogP contribution < -0.4 is 0 Å². The first kappa shape index (κ1) is 5.23. The highest BCUT2D eigenvalue weighted by Crippen LogP contribution is 2.38. The molecule has 0 amide bonds. The van der Waals surface area contributed by atoms with Crippen LogP contribution in [0.1, 0.15) is 12.8 Å². The highest BCUT2D eigenvalue weighted by atomic mass is 32.2. The highest BCUT2D eigenvalue weighted by Gasteiger charge is 2.29. The van der Waals surface area contributed by atoms with Crippen molar-refractivity contribution in [1.82, 2.24) is 0 Å². The molecule has 2 aliphatic rings. The van der Waals surface area contributed by atoms with Gasteiger partial charge in [-0.15, -0.1) is 0 Å². The largest absolute Gasteiger partial charge is 0.219 e. The third-order valence-electron chi connectivity index (χ3n) is 1.77. The van der Waals surface area contributed by atoms with Gasteiger partial charge in [0.05, 0.1) is 4.91 Å². The maximum atomic E-state index is 10.9. The lowest BCUT2D eigenvalue weighted by atomic mass is 9.99. The first-order chi connectivity index (χ1) is 4.20. The summed E-state index contributed by atoms with van der Waals surface area (Å²) in [5.74, 6) is 0. The predicted molar refractivity (Wildman–Crippen MR) is 34.3 cm³/mol. The number of sulfone groups is 1. The van der Waals surface area contributed by atoms with E-state index < -0.39 is 9.84 Å². The Kier molecular flexibility index (Phi) is 0.750. The molecule has 0 saturated heterocycles. The maximum Gasteiger partial charge on any atom is 0.196 e. The van der Waals surface area contributed by atoms with E-state index in [1.807, 2.05) is 0 Å². The molecule has 0 fully saturated rings. The summed E-state index contributed by atoms with van der Waals surface area (Å²) in [4.78, 5) is 0.655. The molecule has 0 aromatic rings. The molecule has 0 saturated carbocycles. The van der Waals surface area contributed by atoms with Gasteiger partial charge in [-0.2, -0.15) is 0 Å². The molecule has 0 spiro atoms. The predicted octanol–water partition coefficient (Wildman–Crippen LogP) is 0.976. The summed E-state index contributed by atoms with van der Waals surface area (Å²) in [6, 6.07) is 0. The third-order valence-corrected chi connectivity index (χ3v) is 3.42. The van der Waals surface area contributed by atoms with Crippen molar-refractivity contribution in [3.05, 3.63) is 22.0 Å². The second-order valence-corrected chi connectivity index (χ2v) is 4.15. The highest BCUT2D eigenvalue weighted by molar-refractivity contribution is 7.98. The van der Waals surface area contributed by atoms with Crippen molar-refractivity contribution in [1.29, 1.82) is 0 Å². The average Bonchev–Trinajstić information content (AvgIpc) is 1.74. The van der Waals surface area contributed by atoms with Gasteiger partial charge in [0.15, 0.2) is 9.84 Å². The van der Waals surface area contributed by atoms with Gasteiger partial charge in [0.25, 0.3) is 0 Å². The van der Waals surface area contributed by atoms with Crippen molar-refractivity contribution >= 4 is 9.84 Å². The minimum absolute atomic E-state index is 0.655. The van der Waals surface area contributed by atoms with Gasteiger partial charge in [-0.05, 0) is 24.5 Å². The van der Waals surface area contributed by atoms with Crippen LogP contribution in [0.25, 0.3) is 0 Å². The van der Waals surface area contributed by atoms with Gasteiger partial charge >= 0.3 is 0 Å². The second kappa shape index (κ2) is 1.29. The van der Waals surface area contributed by atoms with Crippen LogP contribution in [0.5, 0.6) is 0 Å². The fourth-order valence-electron chi connectivity index (χ4n) is 1.13. The Bertz CT molecular complexity index is 306. The van der Waals surface area contributed by atoms with E-state index in [1.54, 1.807) is 6.08 Å². The number of allylic oxidation sites excluding steroid dienone is 3. The lowest BCUT2D eigenvalue weighted by Crippen LogP contribution is -2.05. The molecule has 0 radical (unpaired) electrons. The quantitative estimate of drug-likeness (QED) is 0.505. The van der Waals surface area contributed by atoms with Gasteiger partial charge in [0, 0.05) is 5.41 Å². The molecule has 1 aliphatic heterocycles. The molecular weight excluding hydrogens is 136 g/mol. The zero-order chi connectivity index (χ0) is 6.48. The lowest BCUT2D eigenvalue weighted by Gasteiger charge is -2.13. The van der Waals surface area contributed by atoms with E-state index in [1.165, 1.54) is 5.41 Å². The Labute approximate surface area is 53.8 Å². The molecule has 0 unspecified atom stereocenters.